The Kier molecular flexibility index (Phi) is 6.52. The normalized spacial score (nSPS) is 11.9. The van der Waals surface area contributed by atoms with Gasteiger partial charge in [-0.05, 0) is 33.7 Å². The lowest BCUT2D eigenvalue weighted by Crippen LogP contribution is -2.42. The lowest BCUT2D eigenvalue weighted by molar-refractivity contribution is -0.145. The van der Waals surface area contributed by atoms with Gasteiger partial charge in [-0.1, -0.05) is 6.92 Å². The van der Waals surface area contributed by atoms with Gasteiger partial charge in [0.2, 0.25) is 0 Å². The van der Waals surface area contributed by atoms with Gasteiger partial charge in [0.1, 0.15) is 0 Å². The van der Waals surface area contributed by atoms with E-state index < -0.39 is 5.60 Å². The number of hydrogen-bond donors (Lipinski definition) is 1. The van der Waals surface area contributed by atoms with Crippen LogP contribution >= 0.6 is 0 Å². The first-order chi connectivity index (χ1) is 6.89. The average Bonchev–Trinajstić information content (AvgIpc) is 2.01. The molecule has 0 spiro atoms. The summed E-state index contributed by atoms with van der Waals surface area (Å²) in [5.41, 5.74) is -0.776. The Balaban J connectivity index is 4.09. The fourth-order valence-corrected chi connectivity index (χ4v) is 1.47. The monoisotopic (exact) mass is 217 g/mol. The molecule has 0 aromatic heterocycles. The van der Waals surface area contributed by atoms with Crippen LogP contribution in [0.3, 0.4) is 0 Å². The van der Waals surface area contributed by atoms with Crippen molar-refractivity contribution in [2.45, 2.75) is 39.7 Å². The van der Waals surface area contributed by atoms with Crippen LogP contribution in [0.4, 0.5) is 0 Å². The number of rotatable bonds is 7. The molecule has 0 rings (SSSR count). The molecular weight excluding hydrogens is 194 g/mol. The van der Waals surface area contributed by atoms with Crippen molar-refractivity contribution in [3.63, 3.8) is 0 Å². The summed E-state index contributed by atoms with van der Waals surface area (Å²) in [7, 11) is 0. The summed E-state index contributed by atoms with van der Waals surface area (Å²) < 4.78 is 4.87. The zero-order chi connectivity index (χ0) is 11.9. The molecule has 0 radical (unpaired) electrons. The molecule has 4 nitrogen and oxygen atoms in total. The minimum absolute atomic E-state index is 0.227. The van der Waals surface area contributed by atoms with Crippen LogP contribution in [-0.4, -0.2) is 47.8 Å². The maximum absolute atomic E-state index is 11.3. The molecule has 0 aliphatic rings. The lowest BCUT2D eigenvalue weighted by Gasteiger charge is -2.27. The van der Waals surface area contributed by atoms with Crippen LogP contribution in [0.15, 0.2) is 0 Å². The van der Waals surface area contributed by atoms with Crippen LogP contribution in [0.25, 0.3) is 0 Å². The zero-order valence-electron chi connectivity index (χ0n) is 10.2. The van der Waals surface area contributed by atoms with Gasteiger partial charge < -0.3 is 9.84 Å². The summed E-state index contributed by atoms with van der Waals surface area (Å²) in [6.45, 7) is 9.25. The van der Waals surface area contributed by atoms with E-state index in [0.29, 0.717) is 13.2 Å². The van der Waals surface area contributed by atoms with Crippen molar-refractivity contribution in [3.8, 4) is 0 Å². The van der Waals surface area contributed by atoms with Crippen LogP contribution in [0, 0.1) is 0 Å². The fourth-order valence-electron chi connectivity index (χ4n) is 1.47. The number of hydrogen-bond acceptors (Lipinski definition) is 4. The second-order valence-corrected chi connectivity index (χ2v) is 4.33. The standard InChI is InChI=1S/C11H23NO3/c1-5-7-12(9-11(3,4)14)8-10(13)15-6-2/h14H,5-9H2,1-4H3. The van der Waals surface area contributed by atoms with Gasteiger partial charge in [0.25, 0.3) is 0 Å². The van der Waals surface area contributed by atoms with Crippen LogP contribution in [0.1, 0.15) is 34.1 Å². The first kappa shape index (κ1) is 14.4. The molecule has 0 saturated carbocycles. The third-order valence-electron chi connectivity index (χ3n) is 1.81. The molecule has 4 heteroatoms. The molecule has 0 aliphatic heterocycles. The maximum atomic E-state index is 11.3. The molecule has 0 saturated heterocycles. The third-order valence-corrected chi connectivity index (χ3v) is 1.81. The van der Waals surface area contributed by atoms with Gasteiger partial charge >= 0.3 is 5.97 Å². The molecule has 0 aromatic carbocycles. The molecule has 0 aromatic rings. The van der Waals surface area contributed by atoms with E-state index in [0.717, 1.165) is 13.0 Å². The van der Waals surface area contributed by atoms with E-state index in [1.54, 1.807) is 20.8 Å². The van der Waals surface area contributed by atoms with Crippen molar-refractivity contribution >= 4 is 5.97 Å². The minimum Gasteiger partial charge on any atom is -0.465 e. The molecule has 90 valence electrons. The number of carbonyl (C=O) groups is 1. The van der Waals surface area contributed by atoms with Gasteiger partial charge in [-0.25, -0.2) is 0 Å². The highest BCUT2D eigenvalue weighted by atomic mass is 16.5. The number of ether oxygens (including phenoxy) is 1. The highest BCUT2D eigenvalue weighted by Gasteiger charge is 2.19. The number of esters is 1. The first-order valence-corrected chi connectivity index (χ1v) is 5.49. The topological polar surface area (TPSA) is 49.8 Å². The predicted molar refractivity (Wildman–Crippen MR) is 59.7 cm³/mol. The molecule has 0 unspecified atom stereocenters. The smallest absolute Gasteiger partial charge is 0.320 e. The predicted octanol–water partition coefficient (Wildman–Crippen LogP) is 1.03. The SMILES string of the molecule is CCCN(CC(=O)OCC)CC(C)(C)O. The van der Waals surface area contributed by atoms with Crippen molar-refractivity contribution in [3.05, 3.63) is 0 Å². The van der Waals surface area contributed by atoms with E-state index in [9.17, 15) is 9.90 Å². The van der Waals surface area contributed by atoms with Crippen molar-refractivity contribution < 1.29 is 14.6 Å². The molecule has 0 aliphatic carbocycles. The van der Waals surface area contributed by atoms with E-state index in [1.165, 1.54) is 0 Å². The summed E-state index contributed by atoms with van der Waals surface area (Å²) in [6.07, 6.45) is 0.954. The number of carbonyl (C=O) groups excluding carboxylic acids is 1. The van der Waals surface area contributed by atoms with Crippen LogP contribution < -0.4 is 0 Å². The van der Waals surface area contributed by atoms with E-state index in [1.807, 2.05) is 11.8 Å². The summed E-state index contributed by atoms with van der Waals surface area (Å²) in [5.74, 6) is -0.227. The average molecular weight is 217 g/mol. The van der Waals surface area contributed by atoms with Crippen molar-refractivity contribution in [1.82, 2.24) is 4.90 Å². The van der Waals surface area contributed by atoms with Gasteiger partial charge in [0, 0.05) is 6.54 Å². The minimum atomic E-state index is -0.776. The van der Waals surface area contributed by atoms with Gasteiger partial charge in [-0.2, -0.15) is 0 Å². The van der Waals surface area contributed by atoms with E-state index in [-0.39, 0.29) is 12.5 Å². The Labute approximate surface area is 92.2 Å². The Bertz CT molecular complexity index is 187. The molecule has 0 heterocycles. The molecule has 15 heavy (non-hydrogen) atoms. The van der Waals surface area contributed by atoms with Crippen LogP contribution in [-0.2, 0) is 9.53 Å². The van der Waals surface area contributed by atoms with Gasteiger partial charge in [-0.3, -0.25) is 9.69 Å². The van der Waals surface area contributed by atoms with Gasteiger partial charge in [-0.15, -0.1) is 0 Å². The highest BCUT2D eigenvalue weighted by Crippen LogP contribution is 2.05. The fraction of sp³-hybridized carbons (Fsp3) is 0.909. The maximum Gasteiger partial charge on any atom is 0.320 e. The second-order valence-electron chi connectivity index (χ2n) is 4.33. The second kappa shape index (κ2) is 6.80. The van der Waals surface area contributed by atoms with E-state index in [4.69, 9.17) is 4.74 Å². The summed E-state index contributed by atoms with van der Waals surface area (Å²) in [4.78, 5) is 13.2. The van der Waals surface area contributed by atoms with Crippen LogP contribution in [0.5, 0.6) is 0 Å². The van der Waals surface area contributed by atoms with Crippen molar-refractivity contribution in [1.29, 1.82) is 0 Å². The van der Waals surface area contributed by atoms with Gasteiger partial charge in [0.15, 0.2) is 0 Å². The molecule has 1 N–H and O–H groups in total. The molecular formula is C11H23NO3. The molecule has 0 atom stereocenters. The van der Waals surface area contributed by atoms with Crippen LogP contribution in [0.2, 0.25) is 0 Å². The Morgan fingerprint density at radius 3 is 2.40 bits per heavy atom. The van der Waals surface area contributed by atoms with E-state index >= 15 is 0 Å². The quantitative estimate of drug-likeness (QED) is 0.647. The van der Waals surface area contributed by atoms with Crippen molar-refractivity contribution in [2.75, 3.05) is 26.2 Å². The zero-order valence-corrected chi connectivity index (χ0v) is 10.2. The Hall–Kier alpha value is -0.610. The lowest BCUT2D eigenvalue weighted by atomic mass is 10.1. The van der Waals surface area contributed by atoms with Crippen molar-refractivity contribution in [2.24, 2.45) is 0 Å². The highest BCUT2D eigenvalue weighted by molar-refractivity contribution is 5.71. The Morgan fingerprint density at radius 2 is 2.00 bits per heavy atom. The number of nitrogens with zero attached hydrogens (tertiary/aromatic N) is 1. The Morgan fingerprint density at radius 1 is 1.40 bits per heavy atom. The largest absolute Gasteiger partial charge is 0.465 e. The van der Waals surface area contributed by atoms with Gasteiger partial charge in [0.05, 0.1) is 18.8 Å². The van der Waals surface area contributed by atoms with E-state index in [2.05, 4.69) is 0 Å². The summed E-state index contributed by atoms with van der Waals surface area (Å²) in [6, 6.07) is 0. The molecule has 0 bridgehead atoms. The number of aliphatic hydroxyl groups is 1. The first-order valence-electron chi connectivity index (χ1n) is 5.49. The molecule has 0 fully saturated rings. The summed E-state index contributed by atoms with van der Waals surface area (Å²) in [5, 5.41) is 9.66. The summed E-state index contributed by atoms with van der Waals surface area (Å²) >= 11 is 0. The molecule has 0 amide bonds. The third kappa shape index (κ3) is 8.39.